The first-order valence-electron chi connectivity index (χ1n) is 2.54. The fourth-order valence-electron chi connectivity index (χ4n) is 0.492. The zero-order valence-electron chi connectivity index (χ0n) is 5.31. The normalized spacial score (nSPS) is 9.55. The van der Waals surface area contributed by atoms with Crippen molar-refractivity contribution in [1.29, 1.82) is 0 Å². The Kier molecular flexibility index (Phi) is 2.64. The van der Waals surface area contributed by atoms with Crippen molar-refractivity contribution in [3.63, 3.8) is 0 Å². The SMILES string of the molecule is Nc1nc(N)nc(NO[Te])n1. The molecule has 0 atom stereocenters. The third-order valence-electron chi connectivity index (χ3n) is 0.803. The van der Waals surface area contributed by atoms with Gasteiger partial charge in [0.2, 0.25) is 0 Å². The second-order valence-corrected chi connectivity index (χ2v) is 2.04. The molecule has 11 heavy (non-hydrogen) atoms. The fourth-order valence-corrected chi connectivity index (χ4v) is 0.705. The zero-order chi connectivity index (χ0) is 8.27. The number of rotatable bonds is 2. The second-order valence-electron chi connectivity index (χ2n) is 1.56. The van der Waals surface area contributed by atoms with Crippen molar-refractivity contribution in [1.82, 2.24) is 15.0 Å². The van der Waals surface area contributed by atoms with Gasteiger partial charge >= 0.3 is 75.7 Å². The Bertz CT molecular complexity index is 233. The quantitative estimate of drug-likeness (QED) is 0.440. The van der Waals surface area contributed by atoms with Crippen molar-refractivity contribution in [3.05, 3.63) is 0 Å². The summed E-state index contributed by atoms with van der Waals surface area (Å²) in [5.41, 5.74) is 12.9. The molecule has 0 aliphatic carbocycles. The van der Waals surface area contributed by atoms with Gasteiger partial charge in [0.1, 0.15) is 0 Å². The summed E-state index contributed by atoms with van der Waals surface area (Å²) in [6, 6.07) is 0. The van der Waals surface area contributed by atoms with E-state index in [2.05, 4.69) is 23.6 Å². The second kappa shape index (κ2) is 3.52. The molecule has 0 aliphatic heterocycles. The van der Waals surface area contributed by atoms with Gasteiger partial charge in [-0.25, -0.2) is 0 Å². The molecular formula is C3H5N6OTe. The van der Waals surface area contributed by atoms with Gasteiger partial charge in [-0.2, -0.15) is 0 Å². The van der Waals surface area contributed by atoms with Gasteiger partial charge in [0.05, 0.1) is 0 Å². The number of aromatic nitrogens is 3. The molecule has 8 heteroatoms. The van der Waals surface area contributed by atoms with Gasteiger partial charge in [-0.15, -0.1) is 0 Å². The summed E-state index contributed by atoms with van der Waals surface area (Å²) >= 11 is 1.36. The van der Waals surface area contributed by atoms with Crippen LogP contribution in [0.3, 0.4) is 0 Å². The van der Waals surface area contributed by atoms with E-state index in [1.54, 1.807) is 0 Å². The molecule has 0 amide bonds. The number of nitrogens with one attached hydrogen (secondary N) is 1. The molecule has 0 spiro atoms. The summed E-state index contributed by atoms with van der Waals surface area (Å²) in [7, 11) is 0. The standard InChI is InChI=1S/C3H5N6OTe/c4-1-6-2(5)8-3(7-1)9-10-11/h(H5,4,5,6,7,8,9). The molecule has 0 fully saturated rings. The van der Waals surface area contributed by atoms with Crippen LogP contribution in [0.25, 0.3) is 0 Å². The molecule has 7 nitrogen and oxygen atoms in total. The van der Waals surface area contributed by atoms with Crippen LogP contribution in [0.4, 0.5) is 17.8 Å². The molecular weight excluding hydrogens is 264 g/mol. The van der Waals surface area contributed by atoms with Crippen LogP contribution in [-0.4, -0.2) is 37.7 Å². The van der Waals surface area contributed by atoms with Crippen molar-refractivity contribution in [2.24, 2.45) is 0 Å². The van der Waals surface area contributed by atoms with Crippen LogP contribution in [0.5, 0.6) is 0 Å². The summed E-state index contributed by atoms with van der Waals surface area (Å²) < 4.78 is 4.53. The number of hydrogen-bond donors (Lipinski definition) is 3. The van der Waals surface area contributed by atoms with Gasteiger partial charge in [-0.3, -0.25) is 0 Å². The molecule has 0 aliphatic rings. The monoisotopic (exact) mass is 271 g/mol. The first-order chi connectivity index (χ1) is 5.22. The maximum absolute atomic E-state index is 5.25. The van der Waals surface area contributed by atoms with E-state index in [1.807, 2.05) is 0 Å². The number of nitrogens with zero attached hydrogens (tertiary/aromatic N) is 3. The van der Waals surface area contributed by atoms with Gasteiger partial charge in [-0.05, 0) is 0 Å². The van der Waals surface area contributed by atoms with Crippen LogP contribution in [0.15, 0.2) is 0 Å². The zero-order valence-corrected chi connectivity index (χ0v) is 7.64. The van der Waals surface area contributed by atoms with Crippen molar-refractivity contribution < 1.29 is 3.20 Å². The number of nitrogens with two attached hydrogens (primary N) is 2. The minimum absolute atomic E-state index is 0.0539. The summed E-state index contributed by atoms with van der Waals surface area (Å²) in [6.45, 7) is 0. The Morgan fingerprint density at radius 3 is 2.18 bits per heavy atom. The maximum atomic E-state index is 5.25. The minimum atomic E-state index is 0.0539. The number of hydrogen-bond acceptors (Lipinski definition) is 7. The van der Waals surface area contributed by atoms with Gasteiger partial charge < -0.3 is 0 Å². The van der Waals surface area contributed by atoms with E-state index in [0.29, 0.717) is 0 Å². The predicted octanol–water partition coefficient (Wildman–Crippen LogP) is -1.54. The van der Waals surface area contributed by atoms with Crippen molar-refractivity contribution in [2.75, 3.05) is 16.9 Å². The van der Waals surface area contributed by atoms with E-state index in [0.717, 1.165) is 0 Å². The van der Waals surface area contributed by atoms with Crippen molar-refractivity contribution >= 4 is 40.6 Å². The van der Waals surface area contributed by atoms with Gasteiger partial charge in [0, 0.05) is 0 Å². The Hall–Kier alpha value is -0.840. The molecule has 0 unspecified atom stereocenters. The van der Waals surface area contributed by atoms with Crippen LogP contribution < -0.4 is 16.9 Å². The Morgan fingerprint density at radius 2 is 1.73 bits per heavy atom. The summed E-state index contributed by atoms with van der Waals surface area (Å²) in [4.78, 5) is 10.9. The summed E-state index contributed by atoms with van der Waals surface area (Å²) in [5, 5.41) is 0. The third-order valence-corrected chi connectivity index (χ3v) is 1.04. The van der Waals surface area contributed by atoms with E-state index in [9.17, 15) is 0 Å². The first kappa shape index (κ1) is 8.26. The molecule has 0 aromatic carbocycles. The van der Waals surface area contributed by atoms with E-state index < -0.39 is 0 Å². The molecule has 0 saturated heterocycles. The van der Waals surface area contributed by atoms with Gasteiger partial charge in [0.25, 0.3) is 0 Å². The predicted molar refractivity (Wildman–Crippen MR) is 39.1 cm³/mol. The molecule has 59 valence electrons. The Labute approximate surface area is 76.0 Å². The average Bonchev–Trinajstić information content (AvgIpc) is 1.85. The molecule has 0 bridgehead atoms. The molecule has 1 aromatic rings. The van der Waals surface area contributed by atoms with Crippen LogP contribution in [-0.2, 0) is 3.20 Å². The van der Waals surface area contributed by atoms with Crippen molar-refractivity contribution in [2.45, 2.75) is 0 Å². The van der Waals surface area contributed by atoms with Crippen LogP contribution in [0, 0.1) is 0 Å². The third kappa shape index (κ3) is 2.34. The topological polar surface area (TPSA) is 112 Å². The Balaban J connectivity index is 2.89. The molecule has 1 aromatic heterocycles. The van der Waals surface area contributed by atoms with Crippen molar-refractivity contribution in [3.8, 4) is 0 Å². The molecule has 1 rings (SSSR count). The molecule has 1 heterocycles. The van der Waals surface area contributed by atoms with E-state index >= 15 is 0 Å². The van der Waals surface area contributed by atoms with Gasteiger partial charge in [0.15, 0.2) is 0 Å². The number of anilines is 3. The van der Waals surface area contributed by atoms with E-state index in [4.69, 9.17) is 11.5 Å². The average molecular weight is 269 g/mol. The van der Waals surface area contributed by atoms with Crippen LogP contribution in [0.1, 0.15) is 0 Å². The summed E-state index contributed by atoms with van der Waals surface area (Å²) in [5.74, 6) is 0.303. The first-order valence-corrected chi connectivity index (χ1v) is 3.49. The molecule has 5 N–H and O–H groups in total. The van der Waals surface area contributed by atoms with Crippen LogP contribution in [0.2, 0.25) is 0 Å². The summed E-state index contributed by atoms with van der Waals surface area (Å²) in [6.07, 6.45) is 0. The molecule has 1 radical (unpaired) electrons. The molecule has 0 saturated carbocycles. The Morgan fingerprint density at radius 1 is 1.18 bits per heavy atom. The van der Waals surface area contributed by atoms with Crippen LogP contribution >= 0.6 is 0 Å². The number of nitrogen functional groups attached to an aromatic ring is 2. The van der Waals surface area contributed by atoms with E-state index in [-0.39, 0.29) is 17.8 Å². The fraction of sp³-hybridized carbons (Fsp3) is 0. The van der Waals surface area contributed by atoms with Gasteiger partial charge in [-0.1, -0.05) is 0 Å². The van der Waals surface area contributed by atoms with E-state index in [1.165, 1.54) is 22.7 Å².